The number of rotatable bonds is 7. The number of hydrogen-bond donors (Lipinski definition) is 4. The van der Waals surface area contributed by atoms with Crippen molar-refractivity contribution in [2.75, 3.05) is 36.8 Å². The highest BCUT2D eigenvalue weighted by Gasteiger charge is 2.18. The Labute approximate surface area is 152 Å². The Morgan fingerprint density at radius 3 is 2.23 bits per heavy atom. The van der Waals surface area contributed by atoms with Gasteiger partial charge >= 0.3 is 5.97 Å². The molecule has 0 saturated carbocycles. The lowest BCUT2D eigenvalue weighted by atomic mass is 10.1. The van der Waals surface area contributed by atoms with Crippen LogP contribution in [0.4, 0.5) is 17.3 Å². The summed E-state index contributed by atoms with van der Waals surface area (Å²) in [6.07, 6.45) is 0. The number of nitrogens with one attached hydrogen (secondary N) is 1. The normalized spacial score (nSPS) is 10.2. The van der Waals surface area contributed by atoms with E-state index in [0.29, 0.717) is 0 Å². The number of benzene rings is 1. The molecule has 0 fully saturated rings. The van der Waals surface area contributed by atoms with Gasteiger partial charge in [-0.1, -0.05) is 11.8 Å². The lowest BCUT2D eigenvalue weighted by Gasteiger charge is -2.13. The molecule has 0 saturated heterocycles. The minimum Gasteiger partial charge on any atom is -0.493 e. The molecule has 1 aromatic carbocycles. The number of nitrogens with two attached hydrogens (primary N) is 2. The predicted octanol–water partition coefficient (Wildman–Crippen LogP) is 1.09. The number of carbonyl (C=O) groups is 2. The fraction of sp³-hybridized carbons (Fsp3) is 0.200. The van der Waals surface area contributed by atoms with Gasteiger partial charge in [-0.3, -0.25) is 4.79 Å². The summed E-state index contributed by atoms with van der Waals surface area (Å²) in [5, 5.41) is 12.1. The number of nitrogens with zero attached hydrogens (tertiary/aromatic N) is 2. The highest BCUT2D eigenvalue weighted by Crippen LogP contribution is 2.33. The Bertz CT molecular complexity index is 825. The molecule has 0 radical (unpaired) electrons. The number of carbonyl (C=O) groups excluding carboxylic acids is 1. The zero-order valence-electron chi connectivity index (χ0n) is 14.0. The first-order chi connectivity index (χ1) is 12.3. The second-order valence-electron chi connectivity index (χ2n) is 4.90. The van der Waals surface area contributed by atoms with Crippen molar-refractivity contribution in [3.63, 3.8) is 0 Å². The lowest BCUT2D eigenvalue weighted by Crippen LogP contribution is -2.17. The van der Waals surface area contributed by atoms with Crippen molar-refractivity contribution < 1.29 is 24.2 Å². The third kappa shape index (κ3) is 4.66. The quantitative estimate of drug-likeness (QED) is 0.404. The molecule has 0 spiro atoms. The number of carboxylic acid groups (broad SMARTS) is 1. The van der Waals surface area contributed by atoms with Crippen LogP contribution in [0.15, 0.2) is 23.4 Å². The van der Waals surface area contributed by atoms with Crippen molar-refractivity contribution in [2.24, 2.45) is 0 Å². The number of ether oxygens (including phenoxy) is 2. The van der Waals surface area contributed by atoms with Crippen molar-refractivity contribution in [1.29, 1.82) is 0 Å². The van der Waals surface area contributed by atoms with Gasteiger partial charge in [0.2, 0.25) is 5.91 Å². The lowest BCUT2D eigenvalue weighted by molar-refractivity contribution is -0.113. The number of amides is 1. The zero-order chi connectivity index (χ0) is 19.3. The fourth-order valence-corrected chi connectivity index (χ4v) is 2.67. The summed E-state index contributed by atoms with van der Waals surface area (Å²) in [4.78, 5) is 31.5. The van der Waals surface area contributed by atoms with E-state index < -0.39 is 11.9 Å². The minimum atomic E-state index is -1.22. The number of aromatic carboxylic acids is 1. The van der Waals surface area contributed by atoms with Crippen molar-refractivity contribution in [3.8, 4) is 11.5 Å². The summed E-state index contributed by atoms with van der Waals surface area (Å²) in [6.45, 7) is 0. The van der Waals surface area contributed by atoms with Crippen molar-refractivity contribution in [1.82, 2.24) is 9.97 Å². The molecule has 6 N–H and O–H groups in total. The van der Waals surface area contributed by atoms with E-state index in [4.69, 9.17) is 20.9 Å². The molecule has 10 nitrogen and oxygen atoms in total. The first kappa shape index (κ1) is 19.1. The highest BCUT2D eigenvalue weighted by molar-refractivity contribution is 7.99. The molecule has 2 aromatic rings. The van der Waals surface area contributed by atoms with Gasteiger partial charge in [0, 0.05) is 18.2 Å². The number of carboxylic acids is 1. The molecule has 0 bridgehead atoms. The van der Waals surface area contributed by atoms with Crippen LogP contribution in [-0.2, 0) is 4.79 Å². The Morgan fingerprint density at radius 2 is 1.69 bits per heavy atom. The van der Waals surface area contributed by atoms with Crippen LogP contribution in [0.3, 0.4) is 0 Å². The SMILES string of the molecule is COc1cc(NC(=O)CSc2nc(N)cc(N)n2)c(C(=O)O)cc1OC. The predicted molar refractivity (Wildman–Crippen MR) is 96.7 cm³/mol. The second kappa shape index (κ2) is 8.25. The van der Waals surface area contributed by atoms with Crippen LogP contribution in [0.5, 0.6) is 11.5 Å². The van der Waals surface area contributed by atoms with Crippen molar-refractivity contribution in [3.05, 3.63) is 23.8 Å². The highest BCUT2D eigenvalue weighted by atomic mass is 32.2. The maximum absolute atomic E-state index is 12.2. The van der Waals surface area contributed by atoms with Crippen LogP contribution in [0.1, 0.15) is 10.4 Å². The Kier molecular flexibility index (Phi) is 6.07. The molecule has 138 valence electrons. The van der Waals surface area contributed by atoms with E-state index in [0.717, 1.165) is 11.8 Å². The molecule has 11 heteroatoms. The molecule has 0 aliphatic carbocycles. The standard InChI is InChI=1S/C15H17N5O5S/c1-24-9-3-7(14(22)23)8(4-10(9)25-2)18-13(21)6-26-15-19-11(16)5-12(17)20-15/h3-5H,6H2,1-2H3,(H,18,21)(H,22,23)(H4,16,17,19,20). The van der Waals surface area contributed by atoms with Gasteiger partial charge in [0.05, 0.1) is 31.2 Å². The van der Waals surface area contributed by atoms with Gasteiger partial charge in [-0.25, -0.2) is 14.8 Å². The average molecular weight is 379 g/mol. The third-order valence-corrected chi connectivity index (χ3v) is 3.95. The van der Waals surface area contributed by atoms with Gasteiger partial charge in [-0.05, 0) is 0 Å². The maximum atomic E-state index is 12.2. The van der Waals surface area contributed by atoms with Gasteiger partial charge in [0.25, 0.3) is 0 Å². The van der Waals surface area contributed by atoms with E-state index in [-0.39, 0.29) is 45.3 Å². The Hall–Kier alpha value is -3.21. The molecule has 1 aromatic heterocycles. The molecular formula is C15H17N5O5S. The summed E-state index contributed by atoms with van der Waals surface area (Å²) in [5.41, 5.74) is 11.1. The van der Waals surface area contributed by atoms with Crippen molar-refractivity contribution in [2.45, 2.75) is 5.16 Å². The average Bonchev–Trinajstić information content (AvgIpc) is 2.58. The maximum Gasteiger partial charge on any atom is 0.337 e. The van der Waals surface area contributed by atoms with Crippen LogP contribution < -0.4 is 26.3 Å². The number of hydrogen-bond acceptors (Lipinski definition) is 9. The van der Waals surface area contributed by atoms with Crippen LogP contribution >= 0.6 is 11.8 Å². The van der Waals surface area contributed by atoms with Gasteiger partial charge in [-0.15, -0.1) is 0 Å². The molecule has 1 heterocycles. The van der Waals surface area contributed by atoms with E-state index in [1.807, 2.05) is 0 Å². The number of nitrogen functional groups attached to an aromatic ring is 2. The summed E-state index contributed by atoms with van der Waals surface area (Å²) >= 11 is 1.01. The van der Waals surface area contributed by atoms with Gasteiger partial charge in [-0.2, -0.15) is 0 Å². The molecule has 2 rings (SSSR count). The zero-order valence-corrected chi connectivity index (χ0v) is 14.8. The molecule has 0 aliphatic heterocycles. The van der Waals surface area contributed by atoms with E-state index in [2.05, 4.69) is 15.3 Å². The number of aromatic nitrogens is 2. The number of anilines is 3. The first-order valence-electron chi connectivity index (χ1n) is 7.16. The molecule has 26 heavy (non-hydrogen) atoms. The molecule has 0 aliphatic rings. The van der Waals surface area contributed by atoms with Crippen molar-refractivity contribution >= 4 is 41.0 Å². The van der Waals surface area contributed by atoms with Gasteiger partial charge < -0.3 is 31.4 Å². The summed E-state index contributed by atoms with van der Waals surface area (Å²) in [7, 11) is 2.79. The largest absolute Gasteiger partial charge is 0.493 e. The number of methoxy groups -OCH3 is 2. The monoisotopic (exact) mass is 379 g/mol. The smallest absolute Gasteiger partial charge is 0.337 e. The Morgan fingerprint density at radius 1 is 1.12 bits per heavy atom. The van der Waals surface area contributed by atoms with Gasteiger partial charge in [0.1, 0.15) is 11.6 Å². The third-order valence-electron chi connectivity index (χ3n) is 3.11. The Balaban J connectivity index is 2.15. The van der Waals surface area contributed by atoms with E-state index >= 15 is 0 Å². The summed E-state index contributed by atoms with van der Waals surface area (Å²) in [5.74, 6) is -0.860. The molecule has 0 atom stereocenters. The van der Waals surface area contributed by atoms with Crippen LogP contribution in [0, 0.1) is 0 Å². The van der Waals surface area contributed by atoms with Crippen LogP contribution in [-0.4, -0.2) is 46.9 Å². The minimum absolute atomic E-state index is 0.0731. The molecule has 0 unspecified atom stereocenters. The van der Waals surface area contributed by atoms with Gasteiger partial charge in [0.15, 0.2) is 16.7 Å². The summed E-state index contributed by atoms with van der Waals surface area (Å²) in [6, 6.07) is 4.04. The first-order valence-corrected chi connectivity index (χ1v) is 8.14. The van der Waals surface area contributed by atoms with E-state index in [1.54, 1.807) is 0 Å². The topological polar surface area (TPSA) is 163 Å². The molecule has 1 amide bonds. The fourth-order valence-electron chi connectivity index (χ4n) is 2.00. The van der Waals surface area contributed by atoms with Crippen LogP contribution in [0.25, 0.3) is 0 Å². The van der Waals surface area contributed by atoms with E-state index in [1.165, 1.54) is 32.4 Å². The van der Waals surface area contributed by atoms with E-state index in [9.17, 15) is 14.7 Å². The summed E-state index contributed by atoms with van der Waals surface area (Å²) < 4.78 is 10.2. The number of thioether (sulfide) groups is 1. The molecular weight excluding hydrogens is 362 g/mol. The van der Waals surface area contributed by atoms with Crippen LogP contribution in [0.2, 0.25) is 0 Å². The second-order valence-corrected chi connectivity index (χ2v) is 5.84.